The molecule has 0 unspecified atom stereocenters. The van der Waals surface area contributed by atoms with E-state index in [9.17, 15) is 0 Å². The number of aromatic nitrogens is 2. The second kappa shape index (κ2) is 5.15. The number of nitrogens with one attached hydrogen (secondary N) is 1. The normalized spacial score (nSPS) is 10.8. The van der Waals surface area contributed by atoms with Gasteiger partial charge in [0.05, 0.1) is 0 Å². The van der Waals surface area contributed by atoms with E-state index < -0.39 is 0 Å². The van der Waals surface area contributed by atoms with Gasteiger partial charge in [0, 0.05) is 31.0 Å². The lowest BCUT2D eigenvalue weighted by molar-refractivity contribution is 0.814. The van der Waals surface area contributed by atoms with E-state index in [-0.39, 0.29) is 0 Å². The quantitative estimate of drug-likeness (QED) is 0.872. The fourth-order valence-electron chi connectivity index (χ4n) is 2.12. The number of nitrogens with zero attached hydrogens (tertiary/aromatic N) is 2. The van der Waals surface area contributed by atoms with Gasteiger partial charge in [-0.2, -0.15) is 0 Å². The molecule has 3 nitrogen and oxygen atoms in total. The maximum atomic E-state index is 4.36. The van der Waals surface area contributed by atoms with Crippen LogP contribution in [-0.2, 0) is 13.0 Å². The predicted molar refractivity (Wildman–Crippen MR) is 70.4 cm³/mol. The van der Waals surface area contributed by atoms with E-state index in [2.05, 4.69) is 46.9 Å². The molecule has 0 spiro atoms. The molecule has 0 radical (unpaired) electrons. The topological polar surface area (TPSA) is 29.9 Å². The zero-order valence-electron chi connectivity index (χ0n) is 10.7. The van der Waals surface area contributed by atoms with E-state index in [1.54, 1.807) is 0 Å². The van der Waals surface area contributed by atoms with Crippen LogP contribution in [0.5, 0.6) is 0 Å². The van der Waals surface area contributed by atoms with Gasteiger partial charge >= 0.3 is 0 Å². The lowest BCUT2D eigenvalue weighted by Crippen LogP contribution is -2.06. The molecule has 90 valence electrons. The van der Waals surface area contributed by atoms with Gasteiger partial charge in [-0.15, -0.1) is 0 Å². The molecule has 2 rings (SSSR count). The first-order valence-electron chi connectivity index (χ1n) is 6.03. The monoisotopic (exact) mass is 229 g/mol. The van der Waals surface area contributed by atoms with E-state index in [1.807, 2.05) is 19.4 Å². The van der Waals surface area contributed by atoms with Gasteiger partial charge in [-0.05, 0) is 31.2 Å². The minimum Gasteiger partial charge on any atom is -0.316 e. The van der Waals surface area contributed by atoms with Gasteiger partial charge in [-0.3, -0.25) is 0 Å². The van der Waals surface area contributed by atoms with Crippen LogP contribution in [0.15, 0.2) is 30.6 Å². The third kappa shape index (κ3) is 2.39. The highest BCUT2D eigenvalue weighted by molar-refractivity contribution is 5.43. The van der Waals surface area contributed by atoms with E-state index >= 15 is 0 Å². The molecule has 0 aliphatic heterocycles. The molecule has 0 fully saturated rings. The van der Waals surface area contributed by atoms with Gasteiger partial charge < -0.3 is 9.88 Å². The number of rotatable bonds is 4. The number of hydrogen-bond donors (Lipinski definition) is 1. The minimum atomic E-state index is 0.908. The summed E-state index contributed by atoms with van der Waals surface area (Å²) in [6, 6.07) is 6.56. The molecule has 1 aromatic carbocycles. The molecule has 0 aliphatic carbocycles. The van der Waals surface area contributed by atoms with Crippen molar-refractivity contribution in [3.8, 4) is 5.69 Å². The Labute approximate surface area is 103 Å². The highest BCUT2D eigenvalue weighted by Gasteiger charge is 2.06. The third-order valence-electron chi connectivity index (χ3n) is 2.94. The maximum Gasteiger partial charge on any atom is 0.112 e. The highest BCUT2D eigenvalue weighted by atomic mass is 15.1. The lowest BCUT2D eigenvalue weighted by atomic mass is 10.1. The SMILES string of the molecule is CCc1nccn1-c1ccc(CNC)cc1C. The average molecular weight is 229 g/mol. The average Bonchev–Trinajstić information content (AvgIpc) is 2.77. The second-order valence-electron chi connectivity index (χ2n) is 4.22. The Morgan fingerprint density at radius 2 is 2.18 bits per heavy atom. The molecule has 0 saturated heterocycles. The maximum absolute atomic E-state index is 4.36. The minimum absolute atomic E-state index is 0.908. The fourth-order valence-corrected chi connectivity index (χ4v) is 2.12. The molecular weight excluding hydrogens is 210 g/mol. The van der Waals surface area contributed by atoms with Crippen molar-refractivity contribution in [3.05, 3.63) is 47.5 Å². The van der Waals surface area contributed by atoms with Crippen LogP contribution in [-0.4, -0.2) is 16.6 Å². The van der Waals surface area contributed by atoms with E-state index in [1.165, 1.54) is 16.8 Å². The van der Waals surface area contributed by atoms with Crippen LogP contribution in [0.1, 0.15) is 23.9 Å². The Hall–Kier alpha value is -1.61. The van der Waals surface area contributed by atoms with Gasteiger partial charge in [-0.1, -0.05) is 19.1 Å². The molecule has 0 saturated carbocycles. The summed E-state index contributed by atoms with van der Waals surface area (Å²) in [5.74, 6) is 1.11. The van der Waals surface area contributed by atoms with Crippen molar-refractivity contribution in [2.45, 2.75) is 26.8 Å². The first kappa shape index (κ1) is 11.9. The van der Waals surface area contributed by atoms with Crippen LogP contribution in [0.25, 0.3) is 5.69 Å². The van der Waals surface area contributed by atoms with Gasteiger partial charge in [0.2, 0.25) is 0 Å². The third-order valence-corrected chi connectivity index (χ3v) is 2.94. The molecule has 0 atom stereocenters. The van der Waals surface area contributed by atoms with E-state index in [4.69, 9.17) is 0 Å². The van der Waals surface area contributed by atoms with Crippen LogP contribution in [0, 0.1) is 6.92 Å². The summed E-state index contributed by atoms with van der Waals surface area (Å²) in [4.78, 5) is 4.36. The van der Waals surface area contributed by atoms with Crippen molar-refractivity contribution < 1.29 is 0 Å². The Kier molecular flexibility index (Phi) is 3.59. The molecule has 0 bridgehead atoms. The van der Waals surface area contributed by atoms with Gasteiger partial charge in [-0.25, -0.2) is 4.98 Å². The zero-order chi connectivity index (χ0) is 12.3. The van der Waals surface area contributed by atoms with Crippen LogP contribution in [0.2, 0.25) is 0 Å². The largest absolute Gasteiger partial charge is 0.316 e. The molecule has 17 heavy (non-hydrogen) atoms. The van der Waals surface area contributed by atoms with E-state index in [0.29, 0.717) is 0 Å². The highest BCUT2D eigenvalue weighted by Crippen LogP contribution is 2.17. The smallest absolute Gasteiger partial charge is 0.112 e. The Balaban J connectivity index is 2.39. The van der Waals surface area contributed by atoms with Crippen molar-refractivity contribution in [2.75, 3.05) is 7.05 Å². The Morgan fingerprint density at radius 3 is 2.82 bits per heavy atom. The first-order chi connectivity index (χ1) is 8.26. The van der Waals surface area contributed by atoms with Crippen molar-refractivity contribution in [1.29, 1.82) is 0 Å². The summed E-state index contributed by atoms with van der Waals surface area (Å²) in [5.41, 5.74) is 3.82. The summed E-state index contributed by atoms with van der Waals surface area (Å²) in [7, 11) is 1.97. The first-order valence-corrected chi connectivity index (χ1v) is 6.03. The summed E-state index contributed by atoms with van der Waals surface area (Å²) in [6.07, 6.45) is 4.84. The molecule has 1 aromatic heterocycles. The summed E-state index contributed by atoms with van der Waals surface area (Å²) < 4.78 is 2.17. The van der Waals surface area contributed by atoms with Gasteiger partial charge in [0.1, 0.15) is 5.82 Å². The molecule has 3 heteroatoms. The molecule has 2 aromatic rings. The molecule has 0 amide bonds. The van der Waals surface area contributed by atoms with Crippen LogP contribution in [0.4, 0.5) is 0 Å². The summed E-state index contributed by atoms with van der Waals surface area (Å²) in [6.45, 7) is 5.18. The summed E-state index contributed by atoms with van der Waals surface area (Å²) in [5, 5.41) is 3.17. The predicted octanol–water partition coefficient (Wildman–Crippen LogP) is 2.46. The zero-order valence-corrected chi connectivity index (χ0v) is 10.7. The van der Waals surface area contributed by atoms with Crippen molar-refractivity contribution in [3.63, 3.8) is 0 Å². The fraction of sp³-hybridized carbons (Fsp3) is 0.357. The molecule has 0 aliphatic rings. The number of aryl methyl sites for hydroxylation is 2. The van der Waals surface area contributed by atoms with Crippen molar-refractivity contribution in [1.82, 2.24) is 14.9 Å². The number of imidazole rings is 1. The van der Waals surface area contributed by atoms with Crippen molar-refractivity contribution in [2.24, 2.45) is 0 Å². The molecule has 1 N–H and O–H groups in total. The lowest BCUT2D eigenvalue weighted by Gasteiger charge is -2.11. The van der Waals surface area contributed by atoms with Crippen LogP contribution in [0.3, 0.4) is 0 Å². The standard InChI is InChI=1S/C14H19N3/c1-4-14-16-7-8-17(14)13-6-5-12(10-15-3)9-11(13)2/h5-9,15H,4,10H2,1-3H3. The van der Waals surface area contributed by atoms with Crippen LogP contribution >= 0.6 is 0 Å². The van der Waals surface area contributed by atoms with Gasteiger partial charge in [0.15, 0.2) is 0 Å². The van der Waals surface area contributed by atoms with Gasteiger partial charge in [0.25, 0.3) is 0 Å². The second-order valence-corrected chi connectivity index (χ2v) is 4.22. The van der Waals surface area contributed by atoms with Crippen LogP contribution < -0.4 is 5.32 Å². The summed E-state index contributed by atoms with van der Waals surface area (Å²) >= 11 is 0. The Morgan fingerprint density at radius 1 is 1.35 bits per heavy atom. The molecule has 1 heterocycles. The van der Waals surface area contributed by atoms with Crippen molar-refractivity contribution >= 4 is 0 Å². The van der Waals surface area contributed by atoms with E-state index in [0.717, 1.165) is 18.8 Å². The number of hydrogen-bond acceptors (Lipinski definition) is 2. The Bertz CT molecular complexity index is 500. The molecular formula is C14H19N3. The number of benzene rings is 1.